The molecule has 1 aliphatic rings. The van der Waals surface area contributed by atoms with Crippen LogP contribution in [0.3, 0.4) is 0 Å². The van der Waals surface area contributed by atoms with Crippen LogP contribution < -0.4 is 4.90 Å². The standard InChI is InChI=1S/C24H18N2O2S/c1-2-25-20-11-7-6-10-18(20)19-14-16(12-13-21(19)25)15-22-23(27)26(24(29)28-22)17-8-4-3-5-9-17/h3-15H,2H2,1H3/b22-15+. The molecule has 1 amide bonds. The lowest BCUT2D eigenvalue weighted by molar-refractivity contribution is -0.114. The van der Waals surface area contributed by atoms with E-state index in [9.17, 15) is 4.79 Å². The molecule has 29 heavy (non-hydrogen) atoms. The maximum atomic E-state index is 12.9. The number of ether oxygens (including phenoxy) is 1. The highest BCUT2D eigenvalue weighted by Crippen LogP contribution is 2.31. The average molecular weight is 398 g/mol. The summed E-state index contributed by atoms with van der Waals surface area (Å²) in [5, 5.41) is 2.51. The van der Waals surface area contributed by atoms with Gasteiger partial charge in [-0.1, -0.05) is 42.5 Å². The number of amides is 1. The highest BCUT2D eigenvalue weighted by atomic mass is 32.1. The number of hydrogen-bond donors (Lipinski definition) is 0. The van der Waals surface area contributed by atoms with Crippen LogP contribution in [-0.2, 0) is 16.1 Å². The van der Waals surface area contributed by atoms with Gasteiger partial charge in [-0.2, -0.15) is 0 Å². The van der Waals surface area contributed by atoms with Crippen molar-refractivity contribution in [2.24, 2.45) is 0 Å². The molecule has 2 heterocycles. The minimum atomic E-state index is -0.253. The number of carbonyl (C=O) groups is 1. The molecule has 4 nitrogen and oxygen atoms in total. The summed E-state index contributed by atoms with van der Waals surface area (Å²) in [7, 11) is 0. The van der Waals surface area contributed by atoms with E-state index in [2.05, 4.69) is 41.8 Å². The molecule has 0 N–H and O–H groups in total. The van der Waals surface area contributed by atoms with E-state index < -0.39 is 0 Å². The third-order valence-electron chi connectivity index (χ3n) is 5.22. The van der Waals surface area contributed by atoms with Crippen molar-refractivity contribution in [2.75, 3.05) is 4.90 Å². The van der Waals surface area contributed by atoms with Crippen molar-refractivity contribution < 1.29 is 9.53 Å². The summed E-state index contributed by atoms with van der Waals surface area (Å²) in [6.07, 6.45) is 1.76. The first kappa shape index (κ1) is 17.6. The fourth-order valence-electron chi connectivity index (χ4n) is 3.92. The van der Waals surface area contributed by atoms with E-state index >= 15 is 0 Å². The van der Waals surface area contributed by atoms with Gasteiger partial charge in [-0.3, -0.25) is 4.79 Å². The maximum absolute atomic E-state index is 12.9. The molecule has 3 aromatic carbocycles. The zero-order chi connectivity index (χ0) is 20.0. The van der Waals surface area contributed by atoms with Crippen LogP contribution in [0.15, 0.2) is 78.6 Å². The molecule has 0 unspecified atom stereocenters. The van der Waals surface area contributed by atoms with Crippen molar-refractivity contribution in [3.63, 3.8) is 0 Å². The van der Waals surface area contributed by atoms with Crippen LogP contribution >= 0.6 is 12.2 Å². The van der Waals surface area contributed by atoms with Gasteiger partial charge in [0.1, 0.15) is 0 Å². The lowest BCUT2D eigenvalue weighted by atomic mass is 10.1. The topological polar surface area (TPSA) is 34.5 Å². The van der Waals surface area contributed by atoms with Crippen LogP contribution in [0.5, 0.6) is 0 Å². The molecule has 4 aromatic rings. The predicted molar refractivity (Wildman–Crippen MR) is 121 cm³/mol. The van der Waals surface area contributed by atoms with Gasteiger partial charge in [0.15, 0.2) is 5.76 Å². The summed E-state index contributed by atoms with van der Waals surface area (Å²) in [5.41, 5.74) is 3.99. The van der Waals surface area contributed by atoms with Crippen LogP contribution in [-0.4, -0.2) is 15.6 Å². The third-order valence-corrected chi connectivity index (χ3v) is 5.48. The van der Waals surface area contributed by atoms with Crippen molar-refractivity contribution in [1.82, 2.24) is 4.57 Å². The largest absolute Gasteiger partial charge is 0.425 e. The number of carbonyl (C=O) groups excluding carboxylic acids is 1. The summed E-state index contributed by atoms with van der Waals surface area (Å²) >= 11 is 5.29. The molecule has 0 bridgehead atoms. The first-order valence-corrected chi connectivity index (χ1v) is 9.92. The second kappa shape index (κ2) is 6.87. The molecule has 1 saturated heterocycles. The number of fused-ring (bicyclic) bond motifs is 3. The molecular weight excluding hydrogens is 380 g/mol. The first-order chi connectivity index (χ1) is 14.2. The Morgan fingerprint density at radius 2 is 1.66 bits per heavy atom. The van der Waals surface area contributed by atoms with Gasteiger partial charge in [-0.15, -0.1) is 0 Å². The zero-order valence-electron chi connectivity index (χ0n) is 15.8. The van der Waals surface area contributed by atoms with E-state index in [0.29, 0.717) is 5.69 Å². The Morgan fingerprint density at radius 1 is 0.931 bits per heavy atom. The summed E-state index contributed by atoms with van der Waals surface area (Å²) in [6.45, 7) is 3.04. The Labute approximate surface area is 173 Å². The SMILES string of the molecule is CCn1c2ccccc2c2cc(/C=C3/OC(=S)N(c4ccccc4)C3=O)ccc21. The fourth-order valence-corrected chi connectivity index (χ4v) is 4.20. The number of thiocarbonyl (C=S) groups is 1. The molecule has 1 aromatic heterocycles. The van der Waals surface area contributed by atoms with Crippen LogP contribution in [0.25, 0.3) is 27.9 Å². The van der Waals surface area contributed by atoms with E-state index in [4.69, 9.17) is 17.0 Å². The van der Waals surface area contributed by atoms with Gasteiger partial charge in [-0.25, -0.2) is 4.90 Å². The number of anilines is 1. The van der Waals surface area contributed by atoms with Gasteiger partial charge in [0.2, 0.25) is 0 Å². The smallest absolute Gasteiger partial charge is 0.301 e. The Balaban J connectivity index is 1.58. The number of rotatable bonds is 3. The molecule has 5 rings (SSSR count). The Bertz CT molecular complexity index is 1300. The minimum Gasteiger partial charge on any atom is -0.425 e. The third kappa shape index (κ3) is 2.82. The van der Waals surface area contributed by atoms with Gasteiger partial charge < -0.3 is 9.30 Å². The number of benzene rings is 3. The predicted octanol–water partition coefficient (Wildman–Crippen LogP) is 5.50. The normalized spacial score (nSPS) is 15.6. The average Bonchev–Trinajstić information content (AvgIpc) is 3.21. The van der Waals surface area contributed by atoms with Gasteiger partial charge in [0.25, 0.3) is 5.17 Å². The number of para-hydroxylation sites is 2. The lowest BCUT2D eigenvalue weighted by Crippen LogP contribution is -2.27. The summed E-state index contributed by atoms with van der Waals surface area (Å²) in [6, 6.07) is 23.9. The molecule has 1 aliphatic heterocycles. The van der Waals surface area contributed by atoms with Crippen molar-refractivity contribution in [3.8, 4) is 0 Å². The van der Waals surface area contributed by atoms with Crippen LogP contribution in [0.1, 0.15) is 12.5 Å². The first-order valence-electron chi connectivity index (χ1n) is 9.51. The Morgan fingerprint density at radius 3 is 2.45 bits per heavy atom. The Hall–Kier alpha value is -3.44. The van der Waals surface area contributed by atoms with Crippen LogP contribution in [0.2, 0.25) is 0 Å². The molecule has 142 valence electrons. The lowest BCUT2D eigenvalue weighted by Gasteiger charge is -2.11. The molecule has 0 aliphatic carbocycles. The molecule has 0 atom stereocenters. The van der Waals surface area contributed by atoms with E-state index in [-0.39, 0.29) is 16.8 Å². The fraction of sp³-hybridized carbons (Fsp3) is 0.0833. The van der Waals surface area contributed by atoms with Gasteiger partial charge in [0, 0.05) is 28.4 Å². The number of aryl methyl sites for hydroxylation is 1. The number of aromatic nitrogens is 1. The molecule has 5 heteroatoms. The molecule has 0 radical (unpaired) electrons. The molecule has 1 fully saturated rings. The van der Waals surface area contributed by atoms with Crippen molar-refractivity contribution in [1.29, 1.82) is 0 Å². The van der Waals surface area contributed by atoms with E-state index in [1.165, 1.54) is 21.3 Å². The minimum absolute atomic E-state index is 0.149. The summed E-state index contributed by atoms with van der Waals surface area (Å²) in [5.74, 6) is -0.0188. The van der Waals surface area contributed by atoms with Gasteiger partial charge in [0.05, 0.1) is 5.69 Å². The van der Waals surface area contributed by atoms with Gasteiger partial charge in [-0.05, 0) is 61.1 Å². The highest BCUT2D eigenvalue weighted by Gasteiger charge is 2.34. The van der Waals surface area contributed by atoms with Crippen LogP contribution in [0, 0.1) is 0 Å². The zero-order valence-corrected chi connectivity index (χ0v) is 16.6. The molecule has 0 saturated carbocycles. The second-order valence-corrected chi connectivity index (χ2v) is 7.24. The summed E-state index contributed by atoms with van der Waals surface area (Å²) in [4.78, 5) is 14.3. The quantitative estimate of drug-likeness (QED) is 0.337. The number of hydrogen-bond acceptors (Lipinski definition) is 3. The van der Waals surface area contributed by atoms with E-state index in [1.54, 1.807) is 6.08 Å². The second-order valence-electron chi connectivity index (χ2n) is 6.89. The van der Waals surface area contributed by atoms with Crippen molar-refractivity contribution >= 4 is 56.9 Å². The molecule has 0 spiro atoms. The summed E-state index contributed by atoms with van der Waals surface area (Å²) < 4.78 is 7.93. The van der Waals surface area contributed by atoms with Crippen LogP contribution in [0.4, 0.5) is 5.69 Å². The van der Waals surface area contributed by atoms with Crippen molar-refractivity contribution in [3.05, 3.63) is 84.1 Å². The monoisotopic (exact) mass is 398 g/mol. The van der Waals surface area contributed by atoms with E-state index in [1.807, 2.05) is 42.5 Å². The maximum Gasteiger partial charge on any atom is 0.301 e. The number of nitrogens with zero attached hydrogens (tertiary/aromatic N) is 2. The van der Waals surface area contributed by atoms with Gasteiger partial charge >= 0.3 is 5.91 Å². The Kier molecular flexibility index (Phi) is 4.18. The highest BCUT2D eigenvalue weighted by molar-refractivity contribution is 7.80. The van der Waals surface area contributed by atoms with Crippen molar-refractivity contribution in [2.45, 2.75) is 13.5 Å². The molecular formula is C24H18N2O2S. The van der Waals surface area contributed by atoms with E-state index in [0.717, 1.165) is 17.5 Å².